The van der Waals surface area contributed by atoms with Crippen molar-refractivity contribution in [2.75, 3.05) is 32.0 Å². The van der Waals surface area contributed by atoms with E-state index in [-0.39, 0.29) is 12.5 Å². The molecule has 23 heavy (non-hydrogen) atoms. The number of anilines is 1. The number of benzene rings is 1. The van der Waals surface area contributed by atoms with Gasteiger partial charge in [0.2, 0.25) is 0 Å². The summed E-state index contributed by atoms with van der Waals surface area (Å²) in [5.41, 5.74) is 8.67. The molecule has 0 heterocycles. The van der Waals surface area contributed by atoms with E-state index in [1.54, 1.807) is 12.1 Å². The van der Waals surface area contributed by atoms with Crippen LogP contribution in [0.3, 0.4) is 0 Å². The summed E-state index contributed by atoms with van der Waals surface area (Å²) in [5.74, 6) is -0.696. The van der Waals surface area contributed by atoms with E-state index >= 15 is 0 Å². The standard InChI is InChI=1S/C16H23ClN4O2/c1-3-21(4-2)8-7-12(10-18)11-23-20-16(22)13-5-6-15(19)14(17)9-13/h5-6,9,12H,3-4,7-8,11,19H2,1-2H3,(H,20,22). The van der Waals surface area contributed by atoms with Crippen molar-refractivity contribution in [1.29, 1.82) is 5.26 Å². The third-order valence-electron chi connectivity index (χ3n) is 3.58. The lowest BCUT2D eigenvalue weighted by Gasteiger charge is -2.19. The third-order valence-corrected chi connectivity index (χ3v) is 3.91. The molecule has 126 valence electrons. The van der Waals surface area contributed by atoms with Gasteiger partial charge in [-0.1, -0.05) is 25.4 Å². The summed E-state index contributed by atoms with van der Waals surface area (Å²) < 4.78 is 0. The third kappa shape index (κ3) is 6.45. The first-order valence-electron chi connectivity index (χ1n) is 7.60. The number of halogens is 1. The zero-order valence-corrected chi connectivity index (χ0v) is 14.3. The Kier molecular flexibility index (Phi) is 8.41. The minimum atomic E-state index is -0.424. The zero-order valence-electron chi connectivity index (χ0n) is 13.5. The maximum atomic E-state index is 11.9. The molecule has 3 N–H and O–H groups in total. The number of nitrogens with one attached hydrogen (secondary N) is 1. The molecule has 0 radical (unpaired) electrons. The van der Waals surface area contributed by atoms with Gasteiger partial charge in [0.05, 0.1) is 29.3 Å². The number of carbonyl (C=O) groups excluding carboxylic acids is 1. The van der Waals surface area contributed by atoms with E-state index in [0.29, 0.717) is 22.7 Å². The van der Waals surface area contributed by atoms with E-state index in [9.17, 15) is 4.79 Å². The van der Waals surface area contributed by atoms with E-state index in [2.05, 4.69) is 30.3 Å². The Balaban J connectivity index is 2.40. The lowest BCUT2D eigenvalue weighted by Crippen LogP contribution is -2.29. The smallest absolute Gasteiger partial charge is 0.274 e. The number of hydroxylamine groups is 1. The van der Waals surface area contributed by atoms with Crippen LogP contribution >= 0.6 is 11.6 Å². The molecule has 1 amide bonds. The van der Waals surface area contributed by atoms with Crippen LogP contribution in [0, 0.1) is 17.2 Å². The van der Waals surface area contributed by atoms with Crippen LogP contribution in [0.1, 0.15) is 30.6 Å². The minimum Gasteiger partial charge on any atom is -0.398 e. The summed E-state index contributed by atoms with van der Waals surface area (Å²) in [5, 5.41) is 9.45. The monoisotopic (exact) mass is 338 g/mol. The highest BCUT2D eigenvalue weighted by atomic mass is 35.5. The fourth-order valence-electron chi connectivity index (χ4n) is 2.00. The van der Waals surface area contributed by atoms with Crippen LogP contribution < -0.4 is 11.2 Å². The maximum absolute atomic E-state index is 11.9. The largest absolute Gasteiger partial charge is 0.398 e. The molecule has 1 aromatic rings. The summed E-state index contributed by atoms with van der Waals surface area (Å²) in [4.78, 5) is 19.3. The average Bonchev–Trinajstić information content (AvgIpc) is 2.56. The number of nitrogen functional groups attached to an aromatic ring is 1. The molecule has 0 fully saturated rings. The second kappa shape index (κ2) is 10.1. The minimum absolute atomic E-state index is 0.145. The predicted molar refractivity (Wildman–Crippen MR) is 90.8 cm³/mol. The second-order valence-corrected chi connectivity index (χ2v) is 5.53. The van der Waals surface area contributed by atoms with Crippen LogP contribution in [0.4, 0.5) is 5.69 Å². The molecule has 0 aromatic heterocycles. The van der Waals surface area contributed by atoms with Crippen molar-refractivity contribution >= 4 is 23.2 Å². The zero-order chi connectivity index (χ0) is 17.2. The molecule has 0 aliphatic rings. The van der Waals surface area contributed by atoms with Gasteiger partial charge >= 0.3 is 0 Å². The molecule has 6 nitrogen and oxygen atoms in total. The Morgan fingerprint density at radius 1 is 1.48 bits per heavy atom. The number of hydrogen-bond donors (Lipinski definition) is 2. The molecule has 0 bridgehead atoms. The molecule has 7 heteroatoms. The number of hydrogen-bond acceptors (Lipinski definition) is 5. The Bertz CT molecular complexity index is 556. The highest BCUT2D eigenvalue weighted by Gasteiger charge is 2.12. The van der Waals surface area contributed by atoms with Crippen LogP contribution in [-0.2, 0) is 4.84 Å². The number of carbonyl (C=O) groups is 1. The second-order valence-electron chi connectivity index (χ2n) is 5.12. The molecule has 0 saturated carbocycles. The van der Waals surface area contributed by atoms with Gasteiger partial charge in [-0.15, -0.1) is 0 Å². The summed E-state index contributed by atoms with van der Waals surface area (Å²) in [6.07, 6.45) is 0.696. The van der Waals surface area contributed by atoms with Crippen molar-refractivity contribution < 1.29 is 9.63 Å². The van der Waals surface area contributed by atoms with Gasteiger partial charge in [-0.25, -0.2) is 5.48 Å². The molecule has 1 rings (SSSR count). The van der Waals surface area contributed by atoms with E-state index in [0.717, 1.165) is 19.6 Å². The summed E-state index contributed by atoms with van der Waals surface area (Å²) in [6.45, 7) is 7.04. The molecule has 1 unspecified atom stereocenters. The van der Waals surface area contributed by atoms with E-state index in [4.69, 9.17) is 27.4 Å². The molecular formula is C16H23ClN4O2. The first-order chi connectivity index (χ1) is 11.0. The average molecular weight is 339 g/mol. The number of nitrogens with two attached hydrogens (primary N) is 1. The summed E-state index contributed by atoms with van der Waals surface area (Å²) in [7, 11) is 0. The molecular weight excluding hydrogens is 316 g/mol. The van der Waals surface area contributed by atoms with E-state index in [1.165, 1.54) is 6.07 Å². The fourth-order valence-corrected chi connectivity index (χ4v) is 2.18. The topological polar surface area (TPSA) is 91.4 Å². The Morgan fingerprint density at radius 3 is 2.74 bits per heavy atom. The van der Waals surface area contributed by atoms with Crippen LogP contribution in [0.25, 0.3) is 0 Å². The molecule has 1 aromatic carbocycles. The van der Waals surface area contributed by atoms with Gasteiger partial charge in [-0.3, -0.25) is 9.63 Å². The number of nitriles is 1. The summed E-state index contributed by atoms with van der Waals surface area (Å²) in [6, 6.07) is 6.78. The van der Waals surface area contributed by atoms with Crippen LogP contribution in [-0.4, -0.2) is 37.0 Å². The van der Waals surface area contributed by atoms with Crippen molar-refractivity contribution in [3.8, 4) is 6.07 Å². The van der Waals surface area contributed by atoms with Crippen molar-refractivity contribution in [3.05, 3.63) is 28.8 Å². The molecule has 0 spiro atoms. The van der Waals surface area contributed by atoms with Crippen molar-refractivity contribution in [2.24, 2.45) is 5.92 Å². The molecule has 0 aliphatic carbocycles. The van der Waals surface area contributed by atoms with Gasteiger partial charge in [0.1, 0.15) is 0 Å². The molecule has 0 aliphatic heterocycles. The fraction of sp³-hybridized carbons (Fsp3) is 0.500. The van der Waals surface area contributed by atoms with Crippen molar-refractivity contribution in [3.63, 3.8) is 0 Å². The lowest BCUT2D eigenvalue weighted by atomic mass is 10.1. The highest BCUT2D eigenvalue weighted by molar-refractivity contribution is 6.33. The Labute approximate surface area is 142 Å². The van der Waals surface area contributed by atoms with E-state index < -0.39 is 5.91 Å². The van der Waals surface area contributed by atoms with Crippen LogP contribution in [0.15, 0.2) is 18.2 Å². The number of nitrogens with zero attached hydrogens (tertiary/aromatic N) is 2. The maximum Gasteiger partial charge on any atom is 0.274 e. The van der Waals surface area contributed by atoms with Crippen molar-refractivity contribution in [1.82, 2.24) is 10.4 Å². The summed E-state index contributed by atoms with van der Waals surface area (Å²) >= 11 is 5.87. The van der Waals surface area contributed by atoms with Crippen LogP contribution in [0.2, 0.25) is 5.02 Å². The molecule has 1 atom stereocenters. The first-order valence-corrected chi connectivity index (χ1v) is 7.98. The van der Waals surface area contributed by atoms with Gasteiger partial charge in [-0.05, 0) is 44.3 Å². The van der Waals surface area contributed by atoms with Crippen LogP contribution in [0.5, 0.6) is 0 Å². The number of rotatable bonds is 9. The Morgan fingerprint density at radius 2 is 2.17 bits per heavy atom. The van der Waals surface area contributed by atoms with Gasteiger partial charge in [-0.2, -0.15) is 5.26 Å². The van der Waals surface area contributed by atoms with Gasteiger partial charge in [0.25, 0.3) is 5.91 Å². The SMILES string of the molecule is CCN(CC)CCC(C#N)CONC(=O)c1ccc(N)c(Cl)c1. The normalized spacial score (nSPS) is 12.0. The highest BCUT2D eigenvalue weighted by Crippen LogP contribution is 2.19. The number of amides is 1. The van der Waals surface area contributed by atoms with Gasteiger partial charge in [0, 0.05) is 5.56 Å². The predicted octanol–water partition coefficient (Wildman–Crippen LogP) is 2.46. The van der Waals surface area contributed by atoms with E-state index in [1.807, 2.05) is 0 Å². The molecule has 0 saturated heterocycles. The van der Waals surface area contributed by atoms with Gasteiger partial charge < -0.3 is 10.6 Å². The Hall–Kier alpha value is -1.81. The lowest BCUT2D eigenvalue weighted by molar-refractivity contribution is 0.0210. The van der Waals surface area contributed by atoms with Gasteiger partial charge in [0.15, 0.2) is 0 Å². The first kappa shape index (κ1) is 19.2. The quantitative estimate of drug-likeness (QED) is 0.533. The van der Waals surface area contributed by atoms with Crippen molar-refractivity contribution in [2.45, 2.75) is 20.3 Å².